The highest BCUT2D eigenvalue weighted by Gasteiger charge is 2.18. The number of amides is 1. The van der Waals surface area contributed by atoms with Gasteiger partial charge in [-0.2, -0.15) is 0 Å². The van der Waals surface area contributed by atoms with Crippen molar-refractivity contribution < 1.29 is 9.18 Å². The Kier molecular flexibility index (Phi) is 4.55. The van der Waals surface area contributed by atoms with E-state index in [0.29, 0.717) is 11.5 Å². The van der Waals surface area contributed by atoms with Gasteiger partial charge in [0.15, 0.2) is 0 Å². The molecule has 1 N–H and O–H groups in total. The lowest BCUT2D eigenvalue weighted by molar-refractivity contribution is 0.102. The van der Waals surface area contributed by atoms with Crippen molar-refractivity contribution >= 4 is 17.3 Å². The van der Waals surface area contributed by atoms with Crippen LogP contribution in [0.3, 0.4) is 0 Å². The third-order valence-electron chi connectivity index (χ3n) is 4.13. The maximum atomic E-state index is 13.6. The SMILES string of the molecule is CC1CCCN(c2cncc(C(=O)Nc3ccccc3F)c2)C1. The van der Waals surface area contributed by atoms with Crippen LogP contribution in [0, 0.1) is 11.7 Å². The molecule has 120 valence electrons. The number of anilines is 2. The maximum absolute atomic E-state index is 13.6. The fraction of sp³-hybridized carbons (Fsp3) is 0.333. The molecular formula is C18H20FN3O. The van der Waals surface area contributed by atoms with Crippen molar-refractivity contribution in [1.29, 1.82) is 0 Å². The number of benzene rings is 1. The van der Waals surface area contributed by atoms with Crippen LogP contribution in [0.2, 0.25) is 0 Å². The molecule has 3 rings (SSSR count). The van der Waals surface area contributed by atoms with Crippen molar-refractivity contribution in [3.05, 3.63) is 54.1 Å². The second-order valence-electron chi connectivity index (χ2n) is 6.06. The number of hydrogen-bond donors (Lipinski definition) is 1. The summed E-state index contributed by atoms with van der Waals surface area (Å²) >= 11 is 0. The lowest BCUT2D eigenvalue weighted by Gasteiger charge is -2.32. The van der Waals surface area contributed by atoms with Crippen LogP contribution < -0.4 is 10.2 Å². The summed E-state index contributed by atoms with van der Waals surface area (Å²) in [5.74, 6) is -0.163. The first-order chi connectivity index (χ1) is 11.1. The molecule has 23 heavy (non-hydrogen) atoms. The van der Waals surface area contributed by atoms with Gasteiger partial charge in [-0.15, -0.1) is 0 Å². The molecule has 0 spiro atoms. The first-order valence-electron chi connectivity index (χ1n) is 7.89. The predicted molar refractivity (Wildman–Crippen MR) is 89.2 cm³/mol. The maximum Gasteiger partial charge on any atom is 0.257 e. The third-order valence-corrected chi connectivity index (χ3v) is 4.13. The van der Waals surface area contributed by atoms with E-state index < -0.39 is 5.82 Å². The Labute approximate surface area is 135 Å². The minimum absolute atomic E-state index is 0.175. The number of pyridine rings is 1. The molecule has 2 heterocycles. The number of hydrogen-bond acceptors (Lipinski definition) is 3. The summed E-state index contributed by atoms with van der Waals surface area (Å²) in [6.07, 6.45) is 5.66. The number of nitrogens with one attached hydrogen (secondary N) is 1. The highest BCUT2D eigenvalue weighted by molar-refractivity contribution is 6.04. The zero-order valence-corrected chi connectivity index (χ0v) is 13.1. The molecule has 1 amide bonds. The summed E-state index contributed by atoms with van der Waals surface area (Å²) in [6, 6.07) is 7.95. The molecule has 1 aliphatic rings. The fourth-order valence-corrected chi connectivity index (χ4v) is 2.91. The largest absolute Gasteiger partial charge is 0.370 e. The number of aromatic nitrogens is 1. The molecule has 1 atom stereocenters. The van der Waals surface area contributed by atoms with Gasteiger partial charge in [0.2, 0.25) is 0 Å². The first-order valence-corrected chi connectivity index (χ1v) is 7.89. The van der Waals surface area contributed by atoms with Crippen molar-refractivity contribution in [3.8, 4) is 0 Å². The third kappa shape index (κ3) is 3.67. The number of para-hydroxylation sites is 1. The summed E-state index contributed by atoms with van der Waals surface area (Å²) in [4.78, 5) is 18.8. The van der Waals surface area contributed by atoms with Gasteiger partial charge in [-0.1, -0.05) is 19.1 Å². The van der Waals surface area contributed by atoms with Crippen LogP contribution in [0.1, 0.15) is 30.1 Å². The Hall–Kier alpha value is -2.43. The Balaban J connectivity index is 1.76. The van der Waals surface area contributed by atoms with Crippen LogP contribution >= 0.6 is 0 Å². The normalized spacial score (nSPS) is 17.8. The van der Waals surface area contributed by atoms with E-state index in [1.807, 2.05) is 6.07 Å². The summed E-state index contributed by atoms with van der Waals surface area (Å²) in [6.45, 7) is 4.18. The van der Waals surface area contributed by atoms with E-state index in [2.05, 4.69) is 22.1 Å². The van der Waals surface area contributed by atoms with E-state index in [4.69, 9.17) is 0 Å². The molecule has 1 aromatic heterocycles. The Morgan fingerprint density at radius 1 is 1.35 bits per heavy atom. The summed E-state index contributed by atoms with van der Waals surface area (Å²) in [5.41, 5.74) is 1.55. The average Bonchev–Trinajstić information content (AvgIpc) is 2.57. The fourth-order valence-electron chi connectivity index (χ4n) is 2.91. The second kappa shape index (κ2) is 6.77. The van der Waals surface area contributed by atoms with Crippen LogP contribution in [-0.2, 0) is 0 Å². The summed E-state index contributed by atoms with van der Waals surface area (Å²) in [7, 11) is 0. The molecule has 1 unspecified atom stereocenters. The quantitative estimate of drug-likeness (QED) is 0.939. The lowest BCUT2D eigenvalue weighted by Crippen LogP contribution is -2.34. The average molecular weight is 313 g/mol. The van der Waals surface area contributed by atoms with E-state index in [1.165, 1.54) is 24.8 Å². The van der Waals surface area contributed by atoms with Gasteiger partial charge in [0, 0.05) is 19.3 Å². The van der Waals surface area contributed by atoms with E-state index in [0.717, 1.165) is 25.2 Å². The van der Waals surface area contributed by atoms with Crippen LogP contribution in [0.4, 0.5) is 15.8 Å². The predicted octanol–water partition coefficient (Wildman–Crippen LogP) is 3.71. The molecule has 1 fully saturated rings. The Morgan fingerprint density at radius 2 is 2.17 bits per heavy atom. The van der Waals surface area contributed by atoms with Crippen LogP contribution in [-0.4, -0.2) is 24.0 Å². The Bertz CT molecular complexity index is 704. The Morgan fingerprint density at radius 3 is 2.96 bits per heavy atom. The number of carbonyl (C=O) groups is 1. The second-order valence-corrected chi connectivity index (χ2v) is 6.06. The topological polar surface area (TPSA) is 45.2 Å². The van der Waals surface area contributed by atoms with Gasteiger partial charge < -0.3 is 10.2 Å². The van der Waals surface area contributed by atoms with Crippen LogP contribution in [0.15, 0.2) is 42.7 Å². The minimum atomic E-state index is -0.449. The molecular weight excluding hydrogens is 293 g/mol. The van der Waals surface area contributed by atoms with E-state index in [1.54, 1.807) is 18.3 Å². The van der Waals surface area contributed by atoms with E-state index in [-0.39, 0.29) is 11.6 Å². The van der Waals surface area contributed by atoms with Crippen molar-refractivity contribution in [3.63, 3.8) is 0 Å². The molecule has 1 saturated heterocycles. The number of halogens is 1. The molecule has 5 heteroatoms. The smallest absolute Gasteiger partial charge is 0.257 e. The zero-order chi connectivity index (χ0) is 16.2. The zero-order valence-electron chi connectivity index (χ0n) is 13.1. The standard InChI is InChI=1S/C18H20FN3O/c1-13-5-4-8-22(12-13)15-9-14(10-20-11-15)18(23)21-17-7-3-2-6-16(17)19/h2-3,6-7,9-11,13H,4-5,8,12H2,1H3,(H,21,23). The highest BCUT2D eigenvalue weighted by atomic mass is 19.1. The molecule has 0 radical (unpaired) electrons. The van der Waals surface area contributed by atoms with Gasteiger partial charge in [-0.05, 0) is 37.0 Å². The number of piperidine rings is 1. The number of carbonyl (C=O) groups excluding carboxylic acids is 1. The molecule has 0 aliphatic carbocycles. The molecule has 0 bridgehead atoms. The van der Waals surface area contributed by atoms with Gasteiger partial charge >= 0.3 is 0 Å². The monoisotopic (exact) mass is 313 g/mol. The van der Waals surface area contributed by atoms with Crippen LogP contribution in [0.5, 0.6) is 0 Å². The summed E-state index contributed by atoms with van der Waals surface area (Å²) in [5, 5.41) is 2.59. The van der Waals surface area contributed by atoms with Gasteiger partial charge in [-0.25, -0.2) is 4.39 Å². The molecule has 1 aliphatic heterocycles. The van der Waals surface area contributed by atoms with Gasteiger partial charge in [0.1, 0.15) is 5.82 Å². The summed E-state index contributed by atoms with van der Waals surface area (Å²) < 4.78 is 13.6. The van der Waals surface area contributed by atoms with E-state index in [9.17, 15) is 9.18 Å². The lowest BCUT2D eigenvalue weighted by atomic mass is 10.00. The highest BCUT2D eigenvalue weighted by Crippen LogP contribution is 2.23. The molecule has 1 aromatic carbocycles. The molecule has 0 saturated carbocycles. The number of nitrogens with zero attached hydrogens (tertiary/aromatic N) is 2. The van der Waals surface area contributed by atoms with Crippen molar-refractivity contribution in [2.45, 2.75) is 19.8 Å². The first kappa shape index (κ1) is 15.5. The number of rotatable bonds is 3. The van der Waals surface area contributed by atoms with Crippen molar-refractivity contribution in [2.75, 3.05) is 23.3 Å². The van der Waals surface area contributed by atoms with Gasteiger partial charge in [0.25, 0.3) is 5.91 Å². The molecule has 4 nitrogen and oxygen atoms in total. The van der Waals surface area contributed by atoms with Gasteiger partial charge in [-0.3, -0.25) is 9.78 Å². The van der Waals surface area contributed by atoms with Crippen LogP contribution in [0.25, 0.3) is 0 Å². The van der Waals surface area contributed by atoms with E-state index >= 15 is 0 Å². The van der Waals surface area contributed by atoms with Crippen molar-refractivity contribution in [1.82, 2.24) is 4.98 Å². The van der Waals surface area contributed by atoms with Crippen molar-refractivity contribution in [2.24, 2.45) is 5.92 Å². The van der Waals surface area contributed by atoms with Gasteiger partial charge in [0.05, 0.1) is 23.1 Å². The minimum Gasteiger partial charge on any atom is -0.370 e. The molecule has 2 aromatic rings.